The molecule has 1 aliphatic rings. The van der Waals surface area contributed by atoms with Crippen molar-refractivity contribution in [3.63, 3.8) is 0 Å². The Kier molecular flexibility index (Phi) is 4.32. The molecule has 0 spiro atoms. The molecule has 2 atom stereocenters. The van der Waals surface area contributed by atoms with E-state index in [4.69, 9.17) is 5.11 Å². The third-order valence-corrected chi connectivity index (χ3v) is 4.47. The molecule has 1 saturated heterocycles. The summed E-state index contributed by atoms with van der Waals surface area (Å²) in [4.78, 5) is 29.3. The summed E-state index contributed by atoms with van der Waals surface area (Å²) in [5, 5.41) is 9.78. The zero-order valence-corrected chi connectivity index (χ0v) is 12.6. The third-order valence-electron chi connectivity index (χ3n) is 3.24. The molecule has 1 fully saturated rings. The molecule has 2 heterocycles. The predicted octanol–water partition coefficient (Wildman–Crippen LogP) is 2.05. The Hall–Kier alpha value is -1.56. The maximum atomic E-state index is 12.4. The molecule has 1 amide bonds. The van der Waals surface area contributed by atoms with Crippen LogP contribution in [0.15, 0.2) is 12.1 Å². The molecule has 1 aliphatic heterocycles. The van der Waals surface area contributed by atoms with Gasteiger partial charge in [0, 0.05) is 23.6 Å². The fourth-order valence-corrected chi connectivity index (χ4v) is 3.74. The Labute approximate surface area is 122 Å². The highest BCUT2D eigenvalue weighted by atomic mass is 32.2. The van der Waals surface area contributed by atoms with Crippen LogP contribution in [-0.4, -0.2) is 50.5 Å². The zero-order valence-electron chi connectivity index (χ0n) is 11.8. The molecule has 6 heteroatoms. The molecule has 1 aromatic heterocycles. The Morgan fingerprint density at radius 3 is 2.40 bits per heavy atom. The second-order valence-electron chi connectivity index (χ2n) is 5.10. The van der Waals surface area contributed by atoms with Gasteiger partial charge in [0.05, 0.1) is 11.3 Å². The molecule has 2 unspecified atom stereocenters. The van der Waals surface area contributed by atoms with Crippen LogP contribution in [0.25, 0.3) is 0 Å². The lowest BCUT2D eigenvalue weighted by molar-refractivity contribution is 0.0691. The third kappa shape index (κ3) is 3.12. The van der Waals surface area contributed by atoms with Crippen LogP contribution in [0.1, 0.15) is 40.4 Å². The first kappa shape index (κ1) is 14.8. The first-order chi connectivity index (χ1) is 9.38. The van der Waals surface area contributed by atoms with E-state index < -0.39 is 5.97 Å². The van der Waals surface area contributed by atoms with E-state index in [-0.39, 0.29) is 11.5 Å². The van der Waals surface area contributed by atoms with Crippen molar-refractivity contribution in [2.45, 2.75) is 31.3 Å². The minimum Gasteiger partial charge on any atom is -0.478 e. The fourth-order valence-electron chi connectivity index (χ4n) is 2.41. The molecule has 0 bridgehead atoms. The number of carboxylic acid groups (broad SMARTS) is 1. The lowest BCUT2D eigenvalue weighted by Crippen LogP contribution is -2.44. The van der Waals surface area contributed by atoms with Crippen molar-refractivity contribution in [3.8, 4) is 0 Å². The molecule has 5 nitrogen and oxygen atoms in total. The van der Waals surface area contributed by atoms with E-state index in [0.717, 1.165) is 0 Å². The maximum absolute atomic E-state index is 12.4. The molecule has 2 rings (SSSR count). The Morgan fingerprint density at radius 1 is 1.30 bits per heavy atom. The normalized spacial score (nSPS) is 22.6. The maximum Gasteiger partial charge on any atom is 0.337 e. The summed E-state index contributed by atoms with van der Waals surface area (Å²) in [6, 6.07) is 2.94. The number of pyridine rings is 1. The van der Waals surface area contributed by atoms with Crippen molar-refractivity contribution in [1.82, 2.24) is 9.88 Å². The van der Waals surface area contributed by atoms with Gasteiger partial charge in [-0.3, -0.25) is 4.79 Å². The van der Waals surface area contributed by atoms with Crippen LogP contribution >= 0.6 is 11.8 Å². The molecule has 108 valence electrons. The predicted molar refractivity (Wildman–Crippen MR) is 78.4 cm³/mol. The van der Waals surface area contributed by atoms with Crippen LogP contribution in [0.3, 0.4) is 0 Å². The second-order valence-corrected chi connectivity index (χ2v) is 6.98. The fraction of sp³-hybridized carbons (Fsp3) is 0.500. The molecule has 0 radical (unpaired) electrons. The van der Waals surface area contributed by atoms with Crippen molar-refractivity contribution in [2.24, 2.45) is 0 Å². The summed E-state index contributed by atoms with van der Waals surface area (Å²) in [6.07, 6.45) is 0. The van der Waals surface area contributed by atoms with Gasteiger partial charge in [0.1, 0.15) is 5.69 Å². The number of hydrogen-bond donors (Lipinski definition) is 1. The average Bonchev–Trinajstić information content (AvgIpc) is 2.36. The van der Waals surface area contributed by atoms with E-state index in [2.05, 4.69) is 18.8 Å². The first-order valence-electron chi connectivity index (χ1n) is 6.54. The van der Waals surface area contributed by atoms with Crippen molar-refractivity contribution < 1.29 is 14.7 Å². The van der Waals surface area contributed by atoms with Crippen LogP contribution in [0.2, 0.25) is 0 Å². The van der Waals surface area contributed by atoms with Crippen molar-refractivity contribution >= 4 is 23.6 Å². The summed E-state index contributed by atoms with van der Waals surface area (Å²) in [6.45, 7) is 7.22. The van der Waals surface area contributed by atoms with E-state index in [1.165, 1.54) is 12.1 Å². The van der Waals surface area contributed by atoms with Gasteiger partial charge < -0.3 is 10.0 Å². The highest BCUT2D eigenvalue weighted by molar-refractivity contribution is 8.00. The molecular weight excluding hydrogens is 276 g/mol. The van der Waals surface area contributed by atoms with Crippen molar-refractivity contribution in [1.29, 1.82) is 0 Å². The Morgan fingerprint density at radius 2 is 1.90 bits per heavy atom. The Balaban J connectivity index is 2.21. The number of nitrogens with zero attached hydrogens (tertiary/aromatic N) is 2. The van der Waals surface area contributed by atoms with Gasteiger partial charge in [0.2, 0.25) is 0 Å². The largest absolute Gasteiger partial charge is 0.478 e. The Bertz CT molecular complexity index is 537. The molecule has 1 N–H and O–H groups in total. The molecule has 0 aromatic carbocycles. The highest BCUT2D eigenvalue weighted by Crippen LogP contribution is 2.25. The monoisotopic (exact) mass is 294 g/mol. The van der Waals surface area contributed by atoms with E-state index in [0.29, 0.717) is 35.0 Å². The summed E-state index contributed by atoms with van der Waals surface area (Å²) >= 11 is 1.88. The first-order valence-corrected chi connectivity index (χ1v) is 7.48. The summed E-state index contributed by atoms with van der Waals surface area (Å²) in [5.41, 5.74) is 0.826. The molecule has 20 heavy (non-hydrogen) atoms. The van der Waals surface area contributed by atoms with Crippen LogP contribution < -0.4 is 0 Å². The number of carbonyl (C=O) groups excluding carboxylic acids is 1. The topological polar surface area (TPSA) is 70.5 Å². The lowest BCUT2D eigenvalue weighted by Gasteiger charge is -2.34. The average molecular weight is 294 g/mol. The van der Waals surface area contributed by atoms with E-state index in [1.807, 2.05) is 11.8 Å². The van der Waals surface area contributed by atoms with Gasteiger partial charge in [0.15, 0.2) is 0 Å². The van der Waals surface area contributed by atoms with E-state index >= 15 is 0 Å². The number of thioether (sulfide) groups is 1. The number of hydrogen-bond acceptors (Lipinski definition) is 4. The smallest absolute Gasteiger partial charge is 0.337 e. The van der Waals surface area contributed by atoms with Crippen LogP contribution in [0.4, 0.5) is 0 Å². The number of aromatic nitrogens is 1. The number of amides is 1. The molecule has 0 aliphatic carbocycles. The minimum absolute atomic E-state index is 0.121. The molecule has 0 saturated carbocycles. The SMILES string of the molecule is Cc1nc(C(=O)N2CC(C)SC(C)C2)ccc1C(=O)O. The number of aromatic carboxylic acids is 1. The van der Waals surface area contributed by atoms with Gasteiger partial charge in [0.25, 0.3) is 5.91 Å². The van der Waals surface area contributed by atoms with Crippen LogP contribution in [0.5, 0.6) is 0 Å². The summed E-state index contributed by atoms with van der Waals surface area (Å²) in [7, 11) is 0. The van der Waals surface area contributed by atoms with Gasteiger partial charge in [-0.15, -0.1) is 0 Å². The number of carbonyl (C=O) groups is 2. The van der Waals surface area contributed by atoms with Crippen molar-refractivity contribution in [2.75, 3.05) is 13.1 Å². The standard InChI is InChI=1S/C14H18N2O3S/c1-8-6-16(7-9(2)20-8)13(17)12-5-4-11(14(18)19)10(3)15-12/h4-5,8-9H,6-7H2,1-3H3,(H,18,19). The second kappa shape index (κ2) is 5.83. The van der Waals surface area contributed by atoms with Crippen molar-refractivity contribution in [3.05, 3.63) is 29.1 Å². The number of carboxylic acids is 1. The molecule has 1 aromatic rings. The minimum atomic E-state index is -1.02. The van der Waals surface area contributed by atoms with Gasteiger partial charge in [-0.2, -0.15) is 11.8 Å². The highest BCUT2D eigenvalue weighted by Gasteiger charge is 2.27. The number of aryl methyl sites for hydroxylation is 1. The van der Waals surface area contributed by atoms with E-state index in [9.17, 15) is 9.59 Å². The zero-order chi connectivity index (χ0) is 14.9. The summed E-state index contributed by atoms with van der Waals surface area (Å²) < 4.78 is 0. The number of rotatable bonds is 2. The van der Waals surface area contributed by atoms with Gasteiger partial charge >= 0.3 is 5.97 Å². The van der Waals surface area contributed by atoms with E-state index in [1.54, 1.807) is 11.8 Å². The quantitative estimate of drug-likeness (QED) is 0.904. The summed E-state index contributed by atoms with van der Waals surface area (Å²) in [5.74, 6) is -1.14. The lowest BCUT2D eigenvalue weighted by atomic mass is 10.1. The van der Waals surface area contributed by atoms with Gasteiger partial charge in [-0.05, 0) is 19.1 Å². The van der Waals surface area contributed by atoms with Crippen LogP contribution in [-0.2, 0) is 0 Å². The van der Waals surface area contributed by atoms with Gasteiger partial charge in [-0.1, -0.05) is 13.8 Å². The van der Waals surface area contributed by atoms with Crippen LogP contribution in [0, 0.1) is 6.92 Å². The molecular formula is C14H18N2O3S. The van der Waals surface area contributed by atoms with Gasteiger partial charge in [-0.25, -0.2) is 9.78 Å².